The number of hydrogen-bond acceptors (Lipinski definition) is 1. The van der Waals surface area contributed by atoms with Gasteiger partial charge in [0.05, 0.1) is 20.2 Å². The van der Waals surface area contributed by atoms with E-state index in [1.807, 2.05) is 12.1 Å². The molecule has 0 aliphatic carbocycles. The molecule has 0 spiro atoms. The highest BCUT2D eigenvalue weighted by Gasteiger charge is 2.21. The van der Waals surface area contributed by atoms with Crippen molar-refractivity contribution in [2.45, 2.75) is 19.6 Å². The minimum Gasteiger partial charge on any atom is -0.495 e. The first-order chi connectivity index (χ1) is 5.96. The Hall–Kier alpha value is -0.473. The molecular formula is C10H15ClOSi. The van der Waals surface area contributed by atoms with Crippen LogP contribution >= 0.6 is 11.6 Å². The molecule has 0 heterocycles. The summed E-state index contributed by atoms with van der Waals surface area (Å²) in [7, 11) is 0.311. The Bertz CT molecular complexity index is 304. The summed E-state index contributed by atoms with van der Waals surface area (Å²) in [4.78, 5) is 0. The van der Waals surface area contributed by atoms with E-state index in [4.69, 9.17) is 16.3 Å². The molecule has 0 radical (unpaired) electrons. The van der Waals surface area contributed by atoms with Crippen LogP contribution in [0.3, 0.4) is 0 Å². The predicted octanol–water partition coefficient (Wildman–Crippen LogP) is 2.89. The monoisotopic (exact) mass is 214 g/mol. The topological polar surface area (TPSA) is 9.23 Å². The number of hydrogen-bond donors (Lipinski definition) is 0. The van der Waals surface area contributed by atoms with Crippen LogP contribution in [0.2, 0.25) is 24.7 Å². The first kappa shape index (κ1) is 10.6. The number of ether oxygens (including phenoxy) is 1. The minimum atomic E-state index is -1.34. The summed E-state index contributed by atoms with van der Waals surface area (Å²) in [6.45, 7) is 6.81. The fourth-order valence-corrected chi connectivity index (χ4v) is 3.68. The zero-order valence-electron chi connectivity index (χ0n) is 8.52. The third-order valence-corrected chi connectivity index (χ3v) is 4.57. The van der Waals surface area contributed by atoms with Crippen LogP contribution in [0.5, 0.6) is 5.75 Å². The molecule has 72 valence electrons. The molecule has 0 aliphatic rings. The number of rotatable bonds is 2. The quantitative estimate of drug-likeness (QED) is 0.688. The molecule has 0 saturated heterocycles. The van der Waals surface area contributed by atoms with Gasteiger partial charge in [-0.3, -0.25) is 0 Å². The van der Waals surface area contributed by atoms with E-state index in [-0.39, 0.29) is 0 Å². The Labute approximate surface area is 85.7 Å². The van der Waals surface area contributed by atoms with Gasteiger partial charge in [-0.05, 0) is 11.3 Å². The van der Waals surface area contributed by atoms with Crippen LogP contribution < -0.4 is 9.92 Å². The average Bonchev–Trinajstić information content (AvgIpc) is 2.02. The summed E-state index contributed by atoms with van der Waals surface area (Å²) in [5.41, 5.74) is 0. The van der Waals surface area contributed by atoms with Gasteiger partial charge in [-0.25, -0.2) is 0 Å². The van der Waals surface area contributed by atoms with Crippen molar-refractivity contribution in [2.24, 2.45) is 0 Å². The maximum Gasteiger partial charge on any atom is 0.137 e. The standard InChI is InChI=1S/C10H15ClOSi/c1-12-8-6-5-7-9(10(8)11)13(2,3)4/h5-7H,1-4H3. The molecule has 0 N–H and O–H groups in total. The molecule has 13 heavy (non-hydrogen) atoms. The van der Waals surface area contributed by atoms with Crippen LogP contribution in [0, 0.1) is 0 Å². The smallest absolute Gasteiger partial charge is 0.137 e. The Balaban J connectivity index is 3.24. The van der Waals surface area contributed by atoms with Gasteiger partial charge in [0.25, 0.3) is 0 Å². The van der Waals surface area contributed by atoms with Gasteiger partial charge in [-0.2, -0.15) is 0 Å². The minimum absolute atomic E-state index is 0.779. The van der Waals surface area contributed by atoms with Crippen LogP contribution in [-0.2, 0) is 0 Å². The van der Waals surface area contributed by atoms with Crippen molar-refractivity contribution in [1.29, 1.82) is 0 Å². The molecule has 0 unspecified atom stereocenters. The zero-order chi connectivity index (χ0) is 10.1. The van der Waals surface area contributed by atoms with Crippen molar-refractivity contribution in [3.8, 4) is 5.75 Å². The lowest BCUT2D eigenvalue weighted by Crippen LogP contribution is -2.38. The fourth-order valence-electron chi connectivity index (χ4n) is 1.25. The highest BCUT2D eigenvalue weighted by Crippen LogP contribution is 2.23. The average molecular weight is 215 g/mol. The molecule has 0 aliphatic heterocycles. The summed E-state index contributed by atoms with van der Waals surface area (Å²) < 4.78 is 5.17. The maximum absolute atomic E-state index is 6.20. The highest BCUT2D eigenvalue weighted by molar-refractivity contribution is 6.90. The molecule has 1 rings (SSSR count). The molecule has 0 saturated carbocycles. The molecule has 1 nitrogen and oxygen atoms in total. The summed E-state index contributed by atoms with van der Waals surface area (Å²) in [5, 5.41) is 2.04. The second-order valence-corrected chi connectivity index (χ2v) is 9.49. The van der Waals surface area contributed by atoms with Gasteiger partial charge >= 0.3 is 0 Å². The summed E-state index contributed by atoms with van der Waals surface area (Å²) in [5.74, 6) is 0.779. The molecule has 0 bridgehead atoms. The van der Waals surface area contributed by atoms with Gasteiger partial charge in [0.2, 0.25) is 0 Å². The first-order valence-corrected chi connectivity index (χ1v) is 8.17. The maximum atomic E-state index is 6.20. The Kier molecular flexibility index (Phi) is 3.04. The van der Waals surface area contributed by atoms with E-state index >= 15 is 0 Å². The molecule has 3 heteroatoms. The Morgan fingerprint density at radius 3 is 2.31 bits per heavy atom. The van der Waals surface area contributed by atoms with Crippen molar-refractivity contribution in [2.75, 3.05) is 7.11 Å². The Morgan fingerprint density at radius 2 is 1.85 bits per heavy atom. The van der Waals surface area contributed by atoms with Crippen molar-refractivity contribution in [3.05, 3.63) is 23.2 Å². The lowest BCUT2D eigenvalue weighted by Gasteiger charge is -2.19. The second-order valence-electron chi connectivity index (χ2n) is 4.07. The van der Waals surface area contributed by atoms with Crippen LogP contribution in [0.1, 0.15) is 0 Å². The Morgan fingerprint density at radius 1 is 1.23 bits per heavy atom. The summed E-state index contributed by atoms with van der Waals surface area (Å²) >= 11 is 6.20. The predicted molar refractivity (Wildman–Crippen MR) is 61.0 cm³/mol. The van der Waals surface area contributed by atoms with Gasteiger partial charge < -0.3 is 4.74 Å². The molecule has 1 aromatic rings. The van der Waals surface area contributed by atoms with Gasteiger partial charge in [-0.1, -0.05) is 43.4 Å². The number of halogens is 1. The normalized spacial score (nSPS) is 11.5. The van der Waals surface area contributed by atoms with Crippen LogP contribution in [0.25, 0.3) is 0 Å². The van der Waals surface area contributed by atoms with E-state index in [9.17, 15) is 0 Å². The number of benzene rings is 1. The van der Waals surface area contributed by atoms with Crippen LogP contribution in [0.15, 0.2) is 18.2 Å². The first-order valence-electron chi connectivity index (χ1n) is 4.30. The van der Waals surface area contributed by atoms with Crippen LogP contribution in [-0.4, -0.2) is 15.2 Å². The van der Waals surface area contributed by atoms with Crippen LogP contribution in [0.4, 0.5) is 0 Å². The number of methoxy groups -OCH3 is 1. The SMILES string of the molecule is COc1cccc([Si](C)(C)C)c1Cl. The van der Waals surface area contributed by atoms with Gasteiger partial charge in [0.15, 0.2) is 0 Å². The van der Waals surface area contributed by atoms with E-state index in [0.717, 1.165) is 10.8 Å². The molecule has 0 fully saturated rings. The lowest BCUT2D eigenvalue weighted by molar-refractivity contribution is 0.415. The molecular weight excluding hydrogens is 200 g/mol. The van der Waals surface area contributed by atoms with Gasteiger partial charge in [0, 0.05) is 0 Å². The van der Waals surface area contributed by atoms with Gasteiger partial charge in [0.1, 0.15) is 5.75 Å². The van der Waals surface area contributed by atoms with Crippen molar-refractivity contribution < 1.29 is 4.74 Å². The zero-order valence-corrected chi connectivity index (χ0v) is 10.3. The third-order valence-electron chi connectivity index (χ3n) is 1.99. The molecule has 1 aromatic carbocycles. The van der Waals surface area contributed by atoms with E-state index in [2.05, 4.69) is 25.7 Å². The van der Waals surface area contributed by atoms with E-state index in [0.29, 0.717) is 0 Å². The van der Waals surface area contributed by atoms with Crippen molar-refractivity contribution >= 4 is 24.9 Å². The van der Waals surface area contributed by atoms with E-state index in [1.165, 1.54) is 5.19 Å². The largest absolute Gasteiger partial charge is 0.495 e. The molecule has 0 aromatic heterocycles. The van der Waals surface area contributed by atoms with Crippen molar-refractivity contribution in [1.82, 2.24) is 0 Å². The summed E-state index contributed by atoms with van der Waals surface area (Å²) in [6, 6.07) is 5.99. The van der Waals surface area contributed by atoms with Crippen molar-refractivity contribution in [3.63, 3.8) is 0 Å². The van der Waals surface area contributed by atoms with Gasteiger partial charge in [-0.15, -0.1) is 0 Å². The van der Waals surface area contributed by atoms with E-state index < -0.39 is 8.07 Å². The molecule has 0 amide bonds. The fraction of sp³-hybridized carbons (Fsp3) is 0.400. The second kappa shape index (κ2) is 3.72. The highest BCUT2D eigenvalue weighted by atomic mass is 35.5. The molecule has 0 atom stereocenters. The lowest BCUT2D eigenvalue weighted by atomic mass is 10.3. The summed E-state index contributed by atoms with van der Waals surface area (Å²) in [6.07, 6.45) is 0. The third kappa shape index (κ3) is 2.26. The van der Waals surface area contributed by atoms with E-state index in [1.54, 1.807) is 7.11 Å².